The predicted molar refractivity (Wildman–Crippen MR) is 103 cm³/mol. The number of carbonyl (C=O) groups excluding carboxylic acids is 1. The quantitative estimate of drug-likeness (QED) is 0.416. The fraction of sp³-hybridized carbons (Fsp3) is 0.211. The van der Waals surface area contributed by atoms with E-state index in [0.29, 0.717) is 11.5 Å². The Balaban J connectivity index is 1.50. The summed E-state index contributed by atoms with van der Waals surface area (Å²) in [6.07, 6.45) is 1.54. The zero-order chi connectivity index (χ0) is 20.7. The van der Waals surface area contributed by atoms with E-state index >= 15 is 0 Å². The molecule has 10 heteroatoms. The third kappa shape index (κ3) is 5.39. The van der Waals surface area contributed by atoms with E-state index < -0.39 is 16.0 Å². The molecule has 0 radical (unpaired) electrons. The average molecular weight is 417 g/mol. The Morgan fingerprint density at radius 1 is 1.10 bits per heavy atom. The summed E-state index contributed by atoms with van der Waals surface area (Å²) < 4.78 is 42.5. The minimum absolute atomic E-state index is 0.0313. The van der Waals surface area contributed by atoms with Crippen LogP contribution in [0.25, 0.3) is 11.5 Å². The molecule has 0 unspecified atom stereocenters. The van der Waals surface area contributed by atoms with Crippen LogP contribution in [0.15, 0.2) is 64.1 Å². The molecule has 152 valence electrons. The molecule has 0 aliphatic heterocycles. The first kappa shape index (κ1) is 20.5. The lowest BCUT2D eigenvalue weighted by Crippen LogP contribution is -2.28. The molecule has 3 rings (SSSR count). The summed E-state index contributed by atoms with van der Waals surface area (Å²) in [6, 6.07) is 12.3. The first-order chi connectivity index (χ1) is 14.0. The molecule has 0 saturated carbocycles. The van der Waals surface area contributed by atoms with Crippen LogP contribution < -0.4 is 9.46 Å². The molecule has 3 aromatic rings. The van der Waals surface area contributed by atoms with Crippen LogP contribution in [0.4, 0.5) is 0 Å². The van der Waals surface area contributed by atoms with Gasteiger partial charge in [-0.05, 0) is 49.4 Å². The number of aromatic nitrogens is 2. The zero-order valence-electron chi connectivity index (χ0n) is 15.6. The highest BCUT2D eigenvalue weighted by molar-refractivity contribution is 7.89. The smallest absolute Gasteiger partial charge is 0.338 e. The number of furan rings is 1. The molecular weight excluding hydrogens is 398 g/mol. The van der Waals surface area contributed by atoms with Crippen LogP contribution in [-0.2, 0) is 14.8 Å². The molecule has 29 heavy (non-hydrogen) atoms. The van der Waals surface area contributed by atoms with Crippen molar-refractivity contribution in [3.05, 3.63) is 60.4 Å². The van der Waals surface area contributed by atoms with Crippen molar-refractivity contribution >= 4 is 16.0 Å². The SMILES string of the molecule is CCOC(=O)c1ccc(S(=O)(=O)NCCOc2ccc(-c3ccco3)nn2)cc1. The Hall–Kier alpha value is -3.24. The molecule has 0 aliphatic rings. The van der Waals surface area contributed by atoms with Gasteiger partial charge in [0.05, 0.1) is 23.3 Å². The maximum atomic E-state index is 12.3. The molecule has 0 fully saturated rings. The van der Waals surface area contributed by atoms with Crippen LogP contribution in [0, 0.1) is 0 Å². The highest BCUT2D eigenvalue weighted by Gasteiger charge is 2.15. The number of hydrogen-bond acceptors (Lipinski definition) is 8. The highest BCUT2D eigenvalue weighted by Crippen LogP contribution is 2.17. The summed E-state index contributed by atoms with van der Waals surface area (Å²) in [5.41, 5.74) is 0.847. The number of rotatable bonds is 9. The monoisotopic (exact) mass is 417 g/mol. The van der Waals surface area contributed by atoms with E-state index in [9.17, 15) is 13.2 Å². The second kappa shape index (κ2) is 9.30. The van der Waals surface area contributed by atoms with Crippen LogP contribution in [0.5, 0.6) is 5.88 Å². The van der Waals surface area contributed by atoms with Gasteiger partial charge in [0.15, 0.2) is 5.76 Å². The van der Waals surface area contributed by atoms with Crippen molar-refractivity contribution in [2.75, 3.05) is 19.8 Å². The van der Waals surface area contributed by atoms with E-state index in [1.807, 2.05) is 0 Å². The van der Waals surface area contributed by atoms with Gasteiger partial charge in [-0.25, -0.2) is 17.9 Å². The normalized spacial score (nSPS) is 11.2. The topological polar surface area (TPSA) is 121 Å². The van der Waals surface area contributed by atoms with E-state index in [0.717, 1.165) is 0 Å². The fourth-order valence-corrected chi connectivity index (χ4v) is 3.37. The van der Waals surface area contributed by atoms with Gasteiger partial charge in [-0.2, -0.15) is 0 Å². The molecule has 9 nitrogen and oxygen atoms in total. The maximum Gasteiger partial charge on any atom is 0.338 e. The molecule has 0 amide bonds. The predicted octanol–water partition coefficient (Wildman–Crippen LogP) is 2.27. The third-order valence-electron chi connectivity index (χ3n) is 3.73. The van der Waals surface area contributed by atoms with Gasteiger partial charge in [-0.1, -0.05) is 0 Å². The summed E-state index contributed by atoms with van der Waals surface area (Å²) in [5.74, 6) is 0.348. The molecule has 0 bridgehead atoms. The van der Waals surface area contributed by atoms with E-state index in [2.05, 4.69) is 14.9 Å². The lowest BCUT2D eigenvalue weighted by molar-refractivity contribution is 0.0526. The number of esters is 1. The van der Waals surface area contributed by atoms with Crippen molar-refractivity contribution in [2.45, 2.75) is 11.8 Å². The van der Waals surface area contributed by atoms with Gasteiger partial charge in [-0.3, -0.25) is 0 Å². The highest BCUT2D eigenvalue weighted by atomic mass is 32.2. The molecule has 2 heterocycles. The molecule has 1 aromatic carbocycles. The second-order valence-corrected chi connectivity index (χ2v) is 7.49. The van der Waals surface area contributed by atoms with Gasteiger partial charge in [0.2, 0.25) is 15.9 Å². The van der Waals surface area contributed by atoms with Crippen molar-refractivity contribution < 1.29 is 27.1 Å². The Morgan fingerprint density at radius 2 is 1.90 bits per heavy atom. The van der Waals surface area contributed by atoms with Gasteiger partial charge in [-0.15, -0.1) is 10.2 Å². The summed E-state index contributed by atoms with van der Waals surface area (Å²) in [5, 5.41) is 7.90. The molecule has 0 atom stereocenters. The summed E-state index contributed by atoms with van der Waals surface area (Å²) in [6.45, 7) is 2.04. The van der Waals surface area contributed by atoms with Gasteiger partial charge < -0.3 is 13.9 Å². The first-order valence-corrected chi connectivity index (χ1v) is 10.2. The van der Waals surface area contributed by atoms with Crippen molar-refractivity contribution in [3.63, 3.8) is 0 Å². The van der Waals surface area contributed by atoms with Crippen LogP contribution in [0.1, 0.15) is 17.3 Å². The van der Waals surface area contributed by atoms with Crippen LogP contribution in [0.3, 0.4) is 0 Å². The van der Waals surface area contributed by atoms with E-state index in [1.54, 1.807) is 31.2 Å². The molecule has 0 aliphatic carbocycles. The minimum atomic E-state index is -3.74. The standard InChI is InChI=1S/C19H19N3O6S/c1-2-26-19(23)14-5-7-15(8-6-14)29(24,25)20-11-13-28-18-10-9-16(21-22-18)17-4-3-12-27-17/h3-10,12,20H,2,11,13H2,1H3. The lowest BCUT2D eigenvalue weighted by Gasteiger charge is -2.08. The van der Waals surface area contributed by atoms with Crippen molar-refractivity contribution in [1.29, 1.82) is 0 Å². The minimum Gasteiger partial charge on any atom is -0.475 e. The van der Waals surface area contributed by atoms with Gasteiger partial charge in [0.25, 0.3) is 0 Å². The lowest BCUT2D eigenvalue weighted by atomic mass is 10.2. The number of carbonyl (C=O) groups is 1. The molecular formula is C19H19N3O6S. The molecule has 2 aromatic heterocycles. The molecule has 1 N–H and O–H groups in total. The Morgan fingerprint density at radius 3 is 2.52 bits per heavy atom. The Labute approximate surface area is 167 Å². The van der Waals surface area contributed by atoms with Crippen molar-refractivity contribution in [1.82, 2.24) is 14.9 Å². The van der Waals surface area contributed by atoms with E-state index in [4.69, 9.17) is 13.9 Å². The van der Waals surface area contributed by atoms with Gasteiger partial charge >= 0.3 is 5.97 Å². The summed E-state index contributed by atoms with van der Waals surface area (Å²) in [4.78, 5) is 11.7. The van der Waals surface area contributed by atoms with Gasteiger partial charge in [0.1, 0.15) is 12.3 Å². The molecule has 0 saturated heterocycles. The van der Waals surface area contributed by atoms with Crippen LogP contribution >= 0.6 is 0 Å². The van der Waals surface area contributed by atoms with Crippen molar-refractivity contribution in [2.24, 2.45) is 0 Å². The number of ether oxygens (including phenoxy) is 2. The molecule has 0 spiro atoms. The zero-order valence-corrected chi connectivity index (χ0v) is 16.4. The second-order valence-electron chi connectivity index (χ2n) is 5.73. The average Bonchev–Trinajstić information content (AvgIpc) is 3.27. The van der Waals surface area contributed by atoms with Gasteiger partial charge in [0, 0.05) is 12.6 Å². The maximum absolute atomic E-state index is 12.3. The van der Waals surface area contributed by atoms with Crippen molar-refractivity contribution in [3.8, 4) is 17.3 Å². The van der Waals surface area contributed by atoms with E-state index in [1.165, 1.54) is 30.5 Å². The number of hydrogen-bond donors (Lipinski definition) is 1. The first-order valence-electron chi connectivity index (χ1n) is 8.77. The number of benzene rings is 1. The summed E-state index contributed by atoms with van der Waals surface area (Å²) >= 11 is 0. The third-order valence-corrected chi connectivity index (χ3v) is 5.21. The van der Waals surface area contributed by atoms with Crippen LogP contribution in [-0.4, -0.2) is 44.3 Å². The van der Waals surface area contributed by atoms with E-state index in [-0.39, 0.29) is 36.1 Å². The van der Waals surface area contributed by atoms with Crippen LogP contribution in [0.2, 0.25) is 0 Å². The number of sulfonamides is 1. The Bertz CT molecular complexity index is 1030. The Kier molecular flexibility index (Phi) is 6.57. The number of nitrogens with zero attached hydrogens (tertiary/aromatic N) is 2. The summed E-state index contributed by atoms with van der Waals surface area (Å²) in [7, 11) is -3.74. The number of nitrogens with one attached hydrogen (secondary N) is 1. The fourth-order valence-electron chi connectivity index (χ4n) is 2.35. The largest absolute Gasteiger partial charge is 0.475 e.